The van der Waals surface area contributed by atoms with Crippen LogP contribution in [0.4, 0.5) is 0 Å². The minimum atomic E-state index is 0.00685. The molecule has 20 heavy (non-hydrogen) atoms. The van der Waals surface area contributed by atoms with Gasteiger partial charge in [-0.2, -0.15) is 0 Å². The summed E-state index contributed by atoms with van der Waals surface area (Å²) in [7, 11) is 0. The van der Waals surface area contributed by atoms with Gasteiger partial charge in [-0.05, 0) is 32.8 Å². The first-order chi connectivity index (χ1) is 9.66. The van der Waals surface area contributed by atoms with Crippen LogP contribution in [0, 0.1) is 0 Å². The van der Waals surface area contributed by atoms with Crippen LogP contribution in [0.25, 0.3) is 0 Å². The largest absolute Gasteiger partial charge is 0.472 e. The van der Waals surface area contributed by atoms with Crippen molar-refractivity contribution in [1.29, 1.82) is 0 Å². The van der Waals surface area contributed by atoms with Crippen molar-refractivity contribution in [3.05, 3.63) is 42.4 Å². The lowest BCUT2D eigenvalue weighted by molar-refractivity contribution is 0.0710. The number of imidazole rings is 1. The van der Waals surface area contributed by atoms with E-state index >= 15 is 0 Å². The molecule has 0 atom stereocenters. The highest BCUT2D eigenvalue weighted by Crippen LogP contribution is 2.30. The number of carbonyl (C=O) groups excluding carboxylic acids is 1. The summed E-state index contributed by atoms with van der Waals surface area (Å²) in [6, 6.07) is 2.47. The van der Waals surface area contributed by atoms with Gasteiger partial charge in [-0.15, -0.1) is 0 Å². The molecule has 0 saturated heterocycles. The monoisotopic (exact) mass is 273 g/mol. The average molecular weight is 273 g/mol. The van der Waals surface area contributed by atoms with Crippen LogP contribution in [0.2, 0.25) is 0 Å². The van der Waals surface area contributed by atoms with Crippen molar-refractivity contribution in [3.8, 4) is 0 Å². The molecule has 1 amide bonds. The Hall–Kier alpha value is -2.04. The lowest BCUT2D eigenvalue weighted by Crippen LogP contribution is -2.34. The number of furan rings is 1. The normalized spacial score (nSPS) is 14.8. The standard InChI is InChI=1S/C15H19N3O2/c1-11(2)17-7-6-16-14(17)15(19)18(13-3-4-13)9-12-5-8-20-10-12/h5-8,10-11,13H,3-4,9H2,1-2H3. The molecule has 0 bridgehead atoms. The predicted octanol–water partition coefficient (Wildman–Crippen LogP) is 2.86. The number of carbonyl (C=O) groups is 1. The van der Waals surface area contributed by atoms with Gasteiger partial charge >= 0.3 is 0 Å². The molecule has 0 N–H and O–H groups in total. The van der Waals surface area contributed by atoms with Crippen LogP contribution in [0.5, 0.6) is 0 Å². The maximum absolute atomic E-state index is 12.8. The van der Waals surface area contributed by atoms with Gasteiger partial charge in [-0.3, -0.25) is 4.79 Å². The van der Waals surface area contributed by atoms with Crippen molar-refractivity contribution in [3.63, 3.8) is 0 Å². The number of hydrogen-bond acceptors (Lipinski definition) is 3. The molecule has 2 aromatic rings. The molecule has 1 saturated carbocycles. The van der Waals surface area contributed by atoms with Gasteiger partial charge in [0.25, 0.3) is 5.91 Å². The quantitative estimate of drug-likeness (QED) is 0.841. The third kappa shape index (κ3) is 2.48. The van der Waals surface area contributed by atoms with Gasteiger partial charge in [0.1, 0.15) is 0 Å². The van der Waals surface area contributed by atoms with E-state index in [0.29, 0.717) is 18.4 Å². The predicted molar refractivity (Wildman–Crippen MR) is 74.2 cm³/mol. The Bertz CT molecular complexity index is 582. The van der Waals surface area contributed by atoms with Gasteiger partial charge < -0.3 is 13.9 Å². The lowest BCUT2D eigenvalue weighted by atomic mass is 10.3. The molecule has 0 radical (unpaired) electrons. The summed E-state index contributed by atoms with van der Waals surface area (Å²) in [6.45, 7) is 4.69. The van der Waals surface area contributed by atoms with Gasteiger partial charge in [0.15, 0.2) is 5.82 Å². The second-order valence-electron chi connectivity index (χ2n) is 5.55. The first-order valence-corrected chi connectivity index (χ1v) is 7.01. The van der Waals surface area contributed by atoms with Crippen LogP contribution in [0.1, 0.15) is 48.9 Å². The molecule has 0 aliphatic heterocycles. The fourth-order valence-electron chi connectivity index (χ4n) is 2.36. The first kappa shape index (κ1) is 13.0. The molecule has 5 heteroatoms. The molecule has 1 aliphatic rings. The Morgan fingerprint density at radius 2 is 2.35 bits per heavy atom. The summed E-state index contributed by atoms with van der Waals surface area (Å²) in [4.78, 5) is 18.9. The SMILES string of the molecule is CC(C)n1ccnc1C(=O)N(Cc1ccoc1)C1CC1. The zero-order valence-electron chi connectivity index (χ0n) is 11.8. The molecular weight excluding hydrogens is 254 g/mol. The van der Waals surface area contributed by atoms with Gasteiger partial charge in [-0.1, -0.05) is 0 Å². The number of rotatable bonds is 5. The molecule has 2 aromatic heterocycles. The van der Waals surface area contributed by atoms with E-state index in [4.69, 9.17) is 4.42 Å². The smallest absolute Gasteiger partial charge is 0.290 e. The van der Waals surface area contributed by atoms with Crippen LogP contribution >= 0.6 is 0 Å². The molecule has 0 unspecified atom stereocenters. The molecule has 0 spiro atoms. The zero-order chi connectivity index (χ0) is 14.1. The highest BCUT2D eigenvalue weighted by Gasteiger charge is 2.35. The zero-order valence-corrected chi connectivity index (χ0v) is 11.8. The number of hydrogen-bond donors (Lipinski definition) is 0. The van der Waals surface area contributed by atoms with E-state index in [9.17, 15) is 4.79 Å². The maximum atomic E-state index is 12.8. The van der Waals surface area contributed by atoms with Crippen molar-refractivity contribution in [2.75, 3.05) is 0 Å². The number of aromatic nitrogens is 2. The Kier molecular flexibility index (Phi) is 3.34. The van der Waals surface area contributed by atoms with E-state index in [1.807, 2.05) is 21.7 Å². The maximum Gasteiger partial charge on any atom is 0.290 e. The summed E-state index contributed by atoms with van der Waals surface area (Å²) in [5.74, 6) is 0.530. The van der Waals surface area contributed by atoms with Gasteiger partial charge in [0, 0.05) is 36.6 Å². The second kappa shape index (κ2) is 5.15. The highest BCUT2D eigenvalue weighted by atomic mass is 16.3. The minimum absolute atomic E-state index is 0.00685. The van der Waals surface area contributed by atoms with Crippen LogP contribution in [0.15, 0.2) is 35.4 Å². The first-order valence-electron chi connectivity index (χ1n) is 7.01. The van der Waals surface area contributed by atoms with Gasteiger partial charge in [0.2, 0.25) is 0 Å². The fraction of sp³-hybridized carbons (Fsp3) is 0.467. The van der Waals surface area contributed by atoms with E-state index in [-0.39, 0.29) is 11.9 Å². The van der Waals surface area contributed by atoms with E-state index in [0.717, 1.165) is 18.4 Å². The molecule has 1 aliphatic carbocycles. The third-order valence-corrected chi connectivity index (χ3v) is 3.60. The number of nitrogens with zero attached hydrogens (tertiary/aromatic N) is 3. The van der Waals surface area contributed by atoms with Crippen molar-refractivity contribution in [2.24, 2.45) is 0 Å². The van der Waals surface area contributed by atoms with Crippen LogP contribution in [-0.4, -0.2) is 26.4 Å². The third-order valence-electron chi connectivity index (χ3n) is 3.60. The van der Waals surface area contributed by atoms with E-state index < -0.39 is 0 Å². The topological polar surface area (TPSA) is 51.3 Å². The van der Waals surface area contributed by atoms with Crippen molar-refractivity contribution >= 4 is 5.91 Å². The Morgan fingerprint density at radius 3 is 2.95 bits per heavy atom. The molecule has 1 fully saturated rings. The molecule has 0 aromatic carbocycles. The lowest BCUT2D eigenvalue weighted by Gasteiger charge is -2.22. The van der Waals surface area contributed by atoms with Crippen molar-refractivity contribution < 1.29 is 9.21 Å². The Balaban J connectivity index is 1.83. The van der Waals surface area contributed by atoms with Gasteiger partial charge in [0.05, 0.1) is 12.5 Å². The van der Waals surface area contributed by atoms with E-state index in [1.165, 1.54) is 0 Å². The minimum Gasteiger partial charge on any atom is -0.472 e. The van der Waals surface area contributed by atoms with Crippen LogP contribution in [0.3, 0.4) is 0 Å². The van der Waals surface area contributed by atoms with E-state index in [1.54, 1.807) is 18.7 Å². The summed E-state index contributed by atoms with van der Waals surface area (Å²) >= 11 is 0. The summed E-state index contributed by atoms with van der Waals surface area (Å²) in [6.07, 6.45) is 9.03. The molecule has 2 heterocycles. The van der Waals surface area contributed by atoms with Crippen molar-refractivity contribution in [1.82, 2.24) is 14.5 Å². The van der Waals surface area contributed by atoms with Crippen LogP contribution in [-0.2, 0) is 6.54 Å². The van der Waals surface area contributed by atoms with E-state index in [2.05, 4.69) is 18.8 Å². The molecule has 5 nitrogen and oxygen atoms in total. The molecule has 3 rings (SSSR count). The fourth-order valence-corrected chi connectivity index (χ4v) is 2.36. The summed E-state index contributed by atoms with van der Waals surface area (Å²) < 4.78 is 7.01. The van der Waals surface area contributed by atoms with Gasteiger partial charge in [-0.25, -0.2) is 4.98 Å². The molecule has 106 valence electrons. The highest BCUT2D eigenvalue weighted by molar-refractivity contribution is 5.91. The number of amides is 1. The Morgan fingerprint density at radius 1 is 1.55 bits per heavy atom. The average Bonchev–Trinajstić information content (AvgIpc) is 2.95. The summed E-state index contributed by atoms with van der Waals surface area (Å²) in [5, 5.41) is 0. The Labute approximate surface area is 118 Å². The second-order valence-corrected chi connectivity index (χ2v) is 5.55. The molecular formula is C15H19N3O2. The summed E-state index contributed by atoms with van der Waals surface area (Å²) in [5.41, 5.74) is 1.02. The van der Waals surface area contributed by atoms with Crippen LogP contribution < -0.4 is 0 Å². The van der Waals surface area contributed by atoms with Crippen molar-refractivity contribution in [2.45, 2.75) is 45.3 Å².